The highest BCUT2D eigenvalue weighted by atomic mass is 32.3. The van der Waals surface area contributed by atoms with E-state index in [0.717, 1.165) is 24.3 Å². The van der Waals surface area contributed by atoms with Gasteiger partial charge in [-0.15, -0.1) is 15.5 Å². The van der Waals surface area contributed by atoms with Crippen molar-refractivity contribution in [3.63, 3.8) is 0 Å². The van der Waals surface area contributed by atoms with E-state index in [0.29, 0.717) is 0 Å². The molecule has 6 N–H and O–H groups in total. The molecule has 0 saturated heterocycles. The first-order chi connectivity index (χ1) is 30.3. The van der Waals surface area contributed by atoms with E-state index in [1.807, 2.05) is 0 Å². The molecule has 0 spiro atoms. The van der Waals surface area contributed by atoms with E-state index in [2.05, 4.69) is 30.4 Å². The molecule has 0 atom stereocenters. The highest BCUT2D eigenvalue weighted by molar-refractivity contribution is 7.96. The summed E-state index contributed by atoms with van der Waals surface area (Å²) in [6, 6.07) is 14.9. The fraction of sp³-hybridized carbons (Fsp3) is 0. The number of carbonyl (C=O) groups is 4. The number of anilines is 2. The first-order valence-electron chi connectivity index (χ1n) is 17.8. The van der Waals surface area contributed by atoms with Crippen molar-refractivity contribution in [3.05, 3.63) is 186 Å². The van der Waals surface area contributed by atoms with Gasteiger partial charge in [0.15, 0.2) is 11.4 Å². The fourth-order valence-electron chi connectivity index (χ4n) is 5.99. The largest absolute Gasteiger partial charge is 0.769 e. The lowest BCUT2D eigenvalue weighted by molar-refractivity contribution is -0.113. The van der Waals surface area contributed by atoms with Crippen molar-refractivity contribution in [1.29, 1.82) is 0 Å². The highest BCUT2D eigenvalue weighted by Crippen LogP contribution is 2.36. The van der Waals surface area contributed by atoms with Gasteiger partial charge in [0.1, 0.15) is 0 Å². The quantitative estimate of drug-likeness (QED) is 0.0669. The summed E-state index contributed by atoms with van der Waals surface area (Å²) in [5, 5.41) is 54.6. The molecule has 0 bridgehead atoms. The van der Waals surface area contributed by atoms with Gasteiger partial charge in [0.25, 0.3) is 21.6 Å². The van der Waals surface area contributed by atoms with Crippen LogP contribution >= 0.6 is 0 Å². The summed E-state index contributed by atoms with van der Waals surface area (Å²) in [4.78, 5) is 60.0. The second kappa shape index (κ2) is 17.6. The molecule has 0 unspecified atom stereocenters. The standard InChI is InChI=1S/C40H26N8O14S2/c49-37-31-19-27(7-5-23(31)17-33(63(57,58)59)35(37)45-43-25-9-13-29(14-10-25)47(53)54)41-39(51)21-1-2-22(4-3-21)40(52)42-28-8-6-24-18-34(64(60,61)62)36(38(50)32(24)20-28)46-44-26-11-15-30(16-12-26)48(55)56/h1-20,53-54H,(H2,57,58,59)(H2,60,61,62). The van der Waals surface area contributed by atoms with Crippen LogP contribution in [0.4, 0.5) is 22.7 Å². The van der Waals surface area contributed by atoms with E-state index in [1.165, 1.54) is 97.1 Å². The van der Waals surface area contributed by atoms with Crippen molar-refractivity contribution < 1.29 is 56.2 Å². The number of carbonyl (C=O) groups excluding carboxylic acids is 4. The molecule has 0 heterocycles. The summed E-state index contributed by atoms with van der Waals surface area (Å²) in [7, 11) is -9.48. The van der Waals surface area contributed by atoms with Gasteiger partial charge in [-0.2, -0.15) is 28.4 Å². The predicted octanol–water partition coefficient (Wildman–Crippen LogP) is 7.13. The lowest BCUT2D eigenvalue weighted by Crippen LogP contribution is -2.22. The molecule has 2 amide bonds. The smallest absolute Gasteiger partial charge is 0.388 e. The second-order valence-corrected chi connectivity index (χ2v) is 16.2. The Morgan fingerprint density at radius 2 is 0.891 bits per heavy atom. The number of ketones is 2. The minimum Gasteiger partial charge on any atom is -0.769 e. The van der Waals surface area contributed by atoms with E-state index in [1.54, 1.807) is 0 Å². The maximum Gasteiger partial charge on any atom is 0.388 e. The monoisotopic (exact) mass is 906 g/mol. The Hall–Kier alpha value is -7.62. The van der Waals surface area contributed by atoms with Gasteiger partial charge in [-0.3, -0.25) is 29.6 Å². The fourth-order valence-corrected chi connectivity index (χ4v) is 7.33. The Balaban J connectivity index is 1.07. The molecule has 0 fully saturated rings. The maximum atomic E-state index is 13.5. The summed E-state index contributed by atoms with van der Waals surface area (Å²) in [6.07, 6.45) is 9.80. The zero-order valence-corrected chi connectivity index (χ0v) is 33.5. The van der Waals surface area contributed by atoms with Crippen LogP contribution in [0.2, 0.25) is 0 Å². The van der Waals surface area contributed by atoms with Gasteiger partial charge >= 0.3 is 21.0 Å². The molecule has 64 heavy (non-hydrogen) atoms. The molecule has 7 rings (SSSR count). The minimum absolute atomic E-state index is 0.00971. The van der Waals surface area contributed by atoms with E-state index < -0.39 is 70.8 Å². The van der Waals surface area contributed by atoms with Crippen LogP contribution in [-0.4, -0.2) is 63.4 Å². The van der Waals surface area contributed by atoms with Gasteiger partial charge < -0.3 is 15.6 Å². The number of hydrogen-bond donors (Lipinski definition) is 6. The third-order valence-electron chi connectivity index (χ3n) is 9.12. The van der Waals surface area contributed by atoms with Crippen LogP contribution in [-0.2, 0) is 39.0 Å². The molecule has 322 valence electrons. The van der Waals surface area contributed by atoms with Crippen molar-refractivity contribution in [3.8, 4) is 0 Å². The molecule has 0 radical (unpaired) electrons. The van der Waals surface area contributed by atoms with Crippen LogP contribution < -0.4 is 10.5 Å². The number of allylic oxidation sites excluding steroid dienone is 12. The molecule has 0 aromatic heterocycles. The molecule has 0 saturated carbocycles. The molecule has 24 heteroatoms. The molecule has 3 aromatic carbocycles. The molecular formula is C40H26N8O14S2. The predicted molar refractivity (Wildman–Crippen MR) is 228 cm³/mol. The van der Waals surface area contributed by atoms with Gasteiger partial charge in [0.05, 0.1) is 28.5 Å². The van der Waals surface area contributed by atoms with Crippen LogP contribution in [0, 0.1) is 10.4 Å². The number of amides is 2. The van der Waals surface area contributed by atoms with E-state index >= 15 is 0 Å². The van der Waals surface area contributed by atoms with Gasteiger partial charge in [-0.25, -0.2) is 9.98 Å². The third-order valence-corrected chi connectivity index (χ3v) is 10.9. The topological polar surface area (TPSA) is 351 Å². The molecule has 22 nitrogen and oxygen atoms in total. The third kappa shape index (κ3) is 9.70. The summed E-state index contributed by atoms with van der Waals surface area (Å²) in [5.41, 5.74) is -1.59. The maximum absolute atomic E-state index is 13.5. The summed E-state index contributed by atoms with van der Waals surface area (Å²) < 4.78 is 64.5. The Bertz CT molecular complexity index is 2830. The van der Waals surface area contributed by atoms with Crippen molar-refractivity contribution in [1.82, 2.24) is 0 Å². The molecule has 0 aliphatic heterocycles. The van der Waals surface area contributed by atoms with Gasteiger partial charge in [-0.1, -0.05) is 12.2 Å². The number of fused-ring (bicyclic) bond motifs is 2. The van der Waals surface area contributed by atoms with Crippen molar-refractivity contribution >= 4 is 78.5 Å². The first kappa shape index (κ1) is 44.4. The Morgan fingerprint density at radius 1 is 0.516 bits per heavy atom. The van der Waals surface area contributed by atoms with Crippen LogP contribution in [0.25, 0.3) is 0 Å². The number of rotatable bonds is 10. The van der Waals surface area contributed by atoms with E-state index in [4.69, 9.17) is 10.4 Å². The Labute approximate surface area is 361 Å². The molecule has 3 aromatic rings. The zero-order valence-electron chi connectivity index (χ0n) is 31.9. The van der Waals surface area contributed by atoms with Crippen molar-refractivity contribution in [2.24, 2.45) is 30.4 Å². The number of nitrogens with zero attached hydrogens (tertiary/aromatic N) is 8. The lowest BCUT2D eigenvalue weighted by Gasteiger charge is -2.37. The van der Waals surface area contributed by atoms with E-state index in [9.17, 15) is 56.2 Å². The highest BCUT2D eigenvalue weighted by Gasteiger charge is 2.42. The number of azo groups is 2. The average molecular weight is 907 g/mol. The number of Topliss-reactive ketones (excluding diaryl/α,β-unsaturated/α-hetero) is 2. The number of aliphatic imine (C=N–C) groups is 2. The normalized spacial score (nSPS) is 17.8. The number of hydrogen-bond acceptors (Lipinski definition) is 16. The van der Waals surface area contributed by atoms with Gasteiger partial charge in [0, 0.05) is 40.1 Å². The van der Waals surface area contributed by atoms with Crippen LogP contribution in [0.5, 0.6) is 0 Å². The van der Waals surface area contributed by atoms with Crippen LogP contribution in [0.15, 0.2) is 195 Å². The number of benzene rings is 3. The van der Waals surface area contributed by atoms with Crippen molar-refractivity contribution in [2.45, 2.75) is 0 Å². The van der Waals surface area contributed by atoms with Gasteiger partial charge in [-0.05, 0) is 117 Å². The summed E-state index contributed by atoms with van der Waals surface area (Å²) in [6.45, 7) is 0. The zero-order chi connectivity index (χ0) is 46.1. The van der Waals surface area contributed by atoms with Crippen LogP contribution in [0.1, 0.15) is 20.7 Å². The average Bonchev–Trinajstić information content (AvgIpc) is 3.25. The molecular weight excluding hydrogens is 881 g/mol. The Morgan fingerprint density at radius 3 is 1.23 bits per heavy atom. The lowest BCUT2D eigenvalue weighted by atomic mass is 9.90. The minimum atomic E-state index is -4.75. The SMILES string of the molecule is O=C1C2=CC(=NC(=O)c3ccc(C(=O)N=C4C=CC5=CC([S+](=O)(O)O)=C(N=Nc6ccc(N(O)O)cc6)C(=O)C5=C4)cc3)C=CC2=CC([S+](=O)(O)O)=C1N=Nc1ccc(N([O-])[O-])cc1. The first-order valence-corrected chi connectivity index (χ1v) is 20.7. The van der Waals surface area contributed by atoms with Crippen LogP contribution in [0.3, 0.4) is 0 Å². The van der Waals surface area contributed by atoms with E-state index in [-0.39, 0.29) is 72.8 Å². The Kier molecular flexibility index (Phi) is 12.2. The van der Waals surface area contributed by atoms with Gasteiger partial charge in [0.2, 0.25) is 11.6 Å². The summed E-state index contributed by atoms with van der Waals surface area (Å²) in [5.74, 6) is -3.49. The second-order valence-electron chi connectivity index (χ2n) is 13.3. The van der Waals surface area contributed by atoms with Crippen molar-refractivity contribution in [2.75, 3.05) is 10.5 Å². The summed E-state index contributed by atoms with van der Waals surface area (Å²) >= 11 is 0. The molecule has 4 aliphatic carbocycles. The molecule has 4 aliphatic rings.